The Labute approximate surface area is 140 Å². The second-order valence-electron chi connectivity index (χ2n) is 6.06. The molecule has 0 radical (unpaired) electrons. The summed E-state index contributed by atoms with van der Waals surface area (Å²) >= 11 is 0. The van der Waals surface area contributed by atoms with Crippen LogP contribution in [0.25, 0.3) is 0 Å². The lowest BCUT2D eigenvalue weighted by Gasteiger charge is -2.14. The summed E-state index contributed by atoms with van der Waals surface area (Å²) in [6.45, 7) is 1.56. The van der Waals surface area contributed by atoms with Gasteiger partial charge in [-0.15, -0.1) is 0 Å². The van der Waals surface area contributed by atoms with Gasteiger partial charge in [-0.05, 0) is 38.3 Å². The van der Waals surface area contributed by atoms with Gasteiger partial charge in [-0.1, -0.05) is 11.6 Å². The maximum atomic E-state index is 13.7. The lowest BCUT2D eigenvalue weighted by atomic mass is 10.1. The smallest absolute Gasteiger partial charge is 0.218 e. The van der Waals surface area contributed by atoms with Gasteiger partial charge in [0.15, 0.2) is 0 Å². The molecule has 0 aliphatic heterocycles. The third-order valence-corrected chi connectivity index (χ3v) is 5.53. The fraction of sp³-hybridized carbons (Fsp3) is 0.500. The second kappa shape index (κ2) is 6.98. The minimum atomic E-state index is -3.69. The van der Waals surface area contributed by atoms with E-state index in [9.17, 15) is 12.8 Å². The average Bonchev–Trinajstić information content (AvgIpc) is 2.75. The van der Waals surface area contributed by atoms with Crippen LogP contribution in [0.5, 0.6) is 0 Å². The lowest BCUT2D eigenvalue weighted by molar-refractivity contribution is 0.376. The molecule has 0 fully saturated rings. The van der Waals surface area contributed by atoms with E-state index in [0.29, 0.717) is 5.69 Å². The number of nitrogens with one attached hydrogen (secondary N) is 1. The zero-order valence-corrected chi connectivity index (χ0v) is 14.3. The molecule has 0 spiro atoms. The molecule has 1 N–H and O–H groups in total. The van der Waals surface area contributed by atoms with Crippen LogP contribution in [0.15, 0.2) is 22.9 Å². The van der Waals surface area contributed by atoms with Gasteiger partial charge in [0.1, 0.15) is 23.0 Å². The first-order chi connectivity index (χ1) is 11.5. The van der Waals surface area contributed by atoms with Gasteiger partial charge < -0.3 is 4.52 Å². The highest BCUT2D eigenvalue weighted by Crippen LogP contribution is 2.25. The first-order valence-electron chi connectivity index (χ1n) is 8.03. The van der Waals surface area contributed by atoms with E-state index in [1.807, 2.05) is 0 Å². The van der Waals surface area contributed by atoms with Crippen LogP contribution in [0.1, 0.15) is 54.9 Å². The Balaban J connectivity index is 1.75. The number of aromatic nitrogens is 2. The quantitative estimate of drug-likeness (QED) is 0.835. The third kappa shape index (κ3) is 3.81. The number of fused-ring (bicyclic) bond motifs is 1. The number of hydrogen-bond acceptors (Lipinski definition) is 5. The van der Waals surface area contributed by atoms with E-state index in [-0.39, 0.29) is 11.4 Å². The summed E-state index contributed by atoms with van der Waals surface area (Å²) in [6, 6.07) is 1.96. The Hall–Kier alpha value is -1.80. The summed E-state index contributed by atoms with van der Waals surface area (Å²) in [6.07, 6.45) is 6.15. The van der Waals surface area contributed by atoms with E-state index in [1.165, 1.54) is 18.3 Å². The van der Waals surface area contributed by atoms with Gasteiger partial charge in [0.2, 0.25) is 10.0 Å². The highest BCUT2D eigenvalue weighted by molar-refractivity contribution is 7.88. The molecule has 130 valence electrons. The highest BCUT2D eigenvalue weighted by Gasteiger charge is 2.25. The molecule has 6 nitrogen and oxygen atoms in total. The molecular weight excluding hydrogens is 333 g/mol. The van der Waals surface area contributed by atoms with Crippen molar-refractivity contribution < 1.29 is 17.3 Å². The van der Waals surface area contributed by atoms with Crippen LogP contribution < -0.4 is 4.72 Å². The number of aryl methyl sites for hydroxylation is 1. The van der Waals surface area contributed by atoms with Crippen molar-refractivity contribution in [3.05, 3.63) is 46.9 Å². The van der Waals surface area contributed by atoms with Crippen LogP contribution in [-0.2, 0) is 28.6 Å². The third-order valence-electron chi connectivity index (χ3n) is 4.16. The molecule has 2 aromatic heterocycles. The van der Waals surface area contributed by atoms with Crippen LogP contribution in [0, 0.1) is 5.82 Å². The molecule has 0 bridgehead atoms. The van der Waals surface area contributed by atoms with Gasteiger partial charge in [-0.3, -0.25) is 4.98 Å². The zero-order chi connectivity index (χ0) is 17.2. The SMILES string of the molecule is CC(NS(=O)(=O)Cc1noc2c1CCCCC2)c1ncccc1F. The van der Waals surface area contributed by atoms with Crippen molar-refractivity contribution in [2.24, 2.45) is 0 Å². The van der Waals surface area contributed by atoms with Gasteiger partial charge in [0.25, 0.3) is 0 Å². The summed E-state index contributed by atoms with van der Waals surface area (Å²) < 4.78 is 46.4. The average molecular weight is 353 g/mol. The molecule has 0 saturated heterocycles. The first-order valence-corrected chi connectivity index (χ1v) is 9.68. The van der Waals surface area contributed by atoms with Crippen molar-refractivity contribution in [3.8, 4) is 0 Å². The Kier molecular flexibility index (Phi) is 4.96. The molecule has 24 heavy (non-hydrogen) atoms. The van der Waals surface area contributed by atoms with Crippen LogP contribution in [0.4, 0.5) is 4.39 Å². The molecule has 1 atom stereocenters. The molecule has 8 heteroatoms. The zero-order valence-electron chi connectivity index (χ0n) is 13.5. The van der Waals surface area contributed by atoms with Crippen molar-refractivity contribution in [1.29, 1.82) is 0 Å². The Morgan fingerprint density at radius 2 is 2.12 bits per heavy atom. The molecule has 3 rings (SSSR count). The van der Waals surface area contributed by atoms with Gasteiger partial charge >= 0.3 is 0 Å². The Bertz CT molecular complexity index is 820. The number of nitrogens with zero attached hydrogens (tertiary/aromatic N) is 2. The van der Waals surface area contributed by atoms with Crippen molar-refractivity contribution in [2.45, 2.75) is 50.8 Å². The van der Waals surface area contributed by atoms with E-state index in [0.717, 1.165) is 43.4 Å². The summed E-state index contributed by atoms with van der Waals surface area (Å²) in [4.78, 5) is 3.91. The molecule has 1 unspecified atom stereocenters. The Morgan fingerprint density at radius 3 is 2.92 bits per heavy atom. The maximum absolute atomic E-state index is 13.7. The van der Waals surface area contributed by atoms with Gasteiger partial charge in [0.05, 0.1) is 11.7 Å². The van der Waals surface area contributed by atoms with Crippen LogP contribution in [0.3, 0.4) is 0 Å². The molecule has 2 aromatic rings. The molecule has 2 heterocycles. The predicted molar refractivity (Wildman–Crippen MR) is 86.1 cm³/mol. The normalized spacial score (nSPS) is 16.4. The van der Waals surface area contributed by atoms with Gasteiger partial charge in [0, 0.05) is 18.2 Å². The molecule has 0 aromatic carbocycles. The number of halogens is 1. The van der Waals surface area contributed by atoms with Crippen molar-refractivity contribution in [1.82, 2.24) is 14.9 Å². The van der Waals surface area contributed by atoms with Crippen LogP contribution >= 0.6 is 0 Å². The standard InChI is InChI=1S/C16H20FN3O3S/c1-11(16-13(17)7-5-9-18-16)20-24(21,22)10-14-12-6-3-2-4-8-15(12)23-19-14/h5,7,9,11,20H,2-4,6,8,10H2,1H3. The topological polar surface area (TPSA) is 85.1 Å². The largest absolute Gasteiger partial charge is 0.361 e. The highest BCUT2D eigenvalue weighted by atomic mass is 32.2. The number of sulfonamides is 1. The Morgan fingerprint density at radius 1 is 1.33 bits per heavy atom. The number of pyridine rings is 1. The van der Waals surface area contributed by atoms with E-state index < -0.39 is 21.9 Å². The molecule has 0 saturated carbocycles. The molecular formula is C16H20FN3O3S. The minimum absolute atomic E-state index is 0.0695. The maximum Gasteiger partial charge on any atom is 0.218 e. The van der Waals surface area contributed by atoms with Gasteiger partial charge in [-0.2, -0.15) is 0 Å². The monoisotopic (exact) mass is 353 g/mol. The van der Waals surface area contributed by atoms with E-state index in [2.05, 4.69) is 14.9 Å². The van der Waals surface area contributed by atoms with Crippen molar-refractivity contribution >= 4 is 10.0 Å². The van der Waals surface area contributed by atoms with E-state index in [1.54, 1.807) is 6.92 Å². The predicted octanol–water partition coefficient (Wildman–Crippen LogP) is 2.66. The van der Waals surface area contributed by atoms with E-state index >= 15 is 0 Å². The summed E-state index contributed by atoms with van der Waals surface area (Å²) in [5.74, 6) is -0.0190. The summed E-state index contributed by atoms with van der Waals surface area (Å²) in [5.41, 5.74) is 1.43. The van der Waals surface area contributed by atoms with E-state index in [4.69, 9.17) is 4.52 Å². The first kappa shape index (κ1) is 17.0. The fourth-order valence-electron chi connectivity index (χ4n) is 3.00. The summed E-state index contributed by atoms with van der Waals surface area (Å²) in [5, 5.41) is 3.94. The van der Waals surface area contributed by atoms with Gasteiger partial charge in [-0.25, -0.2) is 17.5 Å². The molecule has 1 aliphatic rings. The van der Waals surface area contributed by atoms with Crippen molar-refractivity contribution in [3.63, 3.8) is 0 Å². The number of hydrogen-bond donors (Lipinski definition) is 1. The minimum Gasteiger partial charge on any atom is -0.361 e. The number of rotatable bonds is 5. The van der Waals surface area contributed by atoms with Crippen LogP contribution in [-0.4, -0.2) is 18.6 Å². The van der Waals surface area contributed by atoms with Crippen molar-refractivity contribution in [2.75, 3.05) is 0 Å². The lowest BCUT2D eigenvalue weighted by Crippen LogP contribution is -2.29. The van der Waals surface area contributed by atoms with Crippen LogP contribution in [0.2, 0.25) is 0 Å². The second-order valence-corrected chi connectivity index (χ2v) is 7.81. The fourth-order valence-corrected chi connectivity index (χ4v) is 4.32. The molecule has 1 aliphatic carbocycles. The summed E-state index contributed by atoms with van der Waals surface area (Å²) in [7, 11) is -3.69. The molecule has 0 amide bonds.